The average molecular weight is 245 g/mol. The third-order valence-corrected chi connectivity index (χ3v) is 4.67. The Bertz CT molecular complexity index is 384. The number of pyridine rings is 1. The molecule has 1 aliphatic heterocycles. The summed E-state index contributed by atoms with van der Waals surface area (Å²) in [6, 6.07) is 4.19. The van der Waals surface area contributed by atoms with Crippen molar-refractivity contribution in [2.75, 3.05) is 26.7 Å². The highest BCUT2D eigenvalue weighted by atomic mass is 15.1. The van der Waals surface area contributed by atoms with E-state index in [2.05, 4.69) is 28.3 Å². The Balaban J connectivity index is 1.49. The van der Waals surface area contributed by atoms with Crippen molar-refractivity contribution in [3.05, 3.63) is 30.1 Å². The standard InChI is InChI=1S/C15H23N3/c1-18(11-13-3-2-6-17-10-13)12-14-9-15(14)4-7-16-8-5-15/h2-3,6,10,14,16H,4-5,7-9,11-12H2,1H3. The van der Waals surface area contributed by atoms with E-state index in [1.807, 2.05) is 18.5 Å². The maximum Gasteiger partial charge on any atom is 0.0312 e. The van der Waals surface area contributed by atoms with E-state index in [0.717, 1.165) is 12.5 Å². The summed E-state index contributed by atoms with van der Waals surface area (Å²) in [5.41, 5.74) is 2.02. The van der Waals surface area contributed by atoms with Crippen molar-refractivity contribution in [3.63, 3.8) is 0 Å². The van der Waals surface area contributed by atoms with Gasteiger partial charge in [-0.25, -0.2) is 0 Å². The Labute approximate surface area is 110 Å². The van der Waals surface area contributed by atoms with Crippen molar-refractivity contribution in [1.82, 2.24) is 15.2 Å². The molecule has 1 N–H and O–H groups in total. The van der Waals surface area contributed by atoms with Gasteiger partial charge in [0, 0.05) is 25.5 Å². The zero-order valence-electron chi connectivity index (χ0n) is 11.2. The van der Waals surface area contributed by atoms with E-state index in [-0.39, 0.29) is 0 Å². The van der Waals surface area contributed by atoms with Crippen LogP contribution in [0.3, 0.4) is 0 Å². The number of hydrogen-bond acceptors (Lipinski definition) is 3. The molecule has 1 aromatic rings. The normalized spacial score (nSPS) is 25.6. The topological polar surface area (TPSA) is 28.2 Å². The van der Waals surface area contributed by atoms with E-state index in [4.69, 9.17) is 0 Å². The van der Waals surface area contributed by atoms with E-state index in [0.29, 0.717) is 5.41 Å². The molecule has 2 heterocycles. The van der Waals surface area contributed by atoms with Gasteiger partial charge in [0.2, 0.25) is 0 Å². The van der Waals surface area contributed by atoms with Crippen molar-refractivity contribution in [1.29, 1.82) is 0 Å². The fraction of sp³-hybridized carbons (Fsp3) is 0.667. The van der Waals surface area contributed by atoms with Crippen molar-refractivity contribution in [2.45, 2.75) is 25.8 Å². The highest BCUT2D eigenvalue weighted by Gasteiger charge is 2.53. The molecule has 3 nitrogen and oxygen atoms in total. The molecule has 0 amide bonds. The Kier molecular flexibility index (Phi) is 3.35. The lowest BCUT2D eigenvalue weighted by Crippen LogP contribution is -2.31. The first-order valence-corrected chi connectivity index (χ1v) is 7.07. The summed E-state index contributed by atoms with van der Waals surface area (Å²) in [7, 11) is 2.24. The van der Waals surface area contributed by atoms with Crippen LogP contribution < -0.4 is 5.32 Å². The third kappa shape index (κ3) is 2.57. The second-order valence-corrected chi connectivity index (χ2v) is 6.07. The second-order valence-electron chi connectivity index (χ2n) is 6.07. The molecule has 1 aliphatic carbocycles. The molecule has 3 rings (SSSR count). The van der Waals surface area contributed by atoms with Crippen LogP contribution in [0.15, 0.2) is 24.5 Å². The van der Waals surface area contributed by atoms with Gasteiger partial charge < -0.3 is 10.2 Å². The van der Waals surface area contributed by atoms with Crippen molar-refractivity contribution in [2.24, 2.45) is 11.3 Å². The fourth-order valence-electron chi connectivity index (χ4n) is 3.47. The average Bonchev–Trinajstić information content (AvgIpc) is 3.02. The van der Waals surface area contributed by atoms with Crippen molar-refractivity contribution in [3.8, 4) is 0 Å². The van der Waals surface area contributed by atoms with Gasteiger partial charge in [0.1, 0.15) is 0 Å². The van der Waals surface area contributed by atoms with Crippen molar-refractivity contribution < 1.29 is 0 Å². The molecule has 98 valence electrons. The van der Waals surface area contributed by atoms with Gasteiger partial charge in [0.05, 0.1) is 0 Å². The van der Waals surface area contributed by atoms with Gasteiger partial charge in [0.15, 0.2) is 0 Å². The van der Waals surface area contributed by atoms with Crippen LogP contribution >= 0.6 is 0 Å². The number of rotatable bonds is 4. The zero-order valence-corrected chi connectivity index (χ0v) is 11.2. The molecule has 18 heavy (non-hydrogen) atoms. The molecule has 0 radical (unpaired) electrons. The molecule has 2 aliphatic rings. The van der Waals surface area contributed by atoms with E-state index >= 15 is 0 Å². The van der Waals surface area contributed by atoms with E-state index in [9.17, 15) is 0 Å². The summed E-state index contributed by atoms with van der Waals surface area (Å²) < 4.78 is 0. The van der Waals surface area contributed by atoms with E-state index in [1.165, 1.54) is 44.5 Å². The predicted molar refractivity (Wildman–Crippen MR) is 73.2 cm³/mol. The molecule has 3 heteroatoms. The van der Waals surface area contributed by atoms with Crippen LogP contribution in [-0.2, 0) is 6.54 Å². The minimum absolute atomic E-state index is 0.703. The first kappa shape index (κ1) is 12.1. The minimum Gasteiger partial charge on any atom is -0.317 e. The van der Waals surface area contributed by atoms with Crippen LogP contribution in [0, 0.1) is 11.3 Å². The molecule has 1 spiro atoms. The summed E-state index contributed by atoms with van der Waals surface area (Å²) in [6.07, 6.45) is 8.04. The molecule has 1 unspecified atom stereocenters. The van der Waals surface area contributed by atoms with Crippen LogP contribution in [-0.4, -0.2) is 36.6 Å². The number of piperidine rings is 1. The first-order valence-electron chi connectivity index (χ1n) is 7.07. The summed E-state index contributed by atoms with van der Waals surface area (Å²) in [4.78, 5) is 6.64. The molecule has 0 bridgehead atoms. The zero-order chi connectivity index (χ0) is 12.4. The first-order chi connectivity index (χ1) is 8.78. The molecular formula is C15H23N3. The lowest BCUT2D eigenvalue weighted by Gasteiger charge is -2.25. The monoisotopic (exact) mass is 245 g/mol. The summed E-state index contributed by atoms with van der Waals surface area (Å²) in [6.45, 7) is 4.72. The highest BCUT2D eigenvalue weighted by Crippen LogP contribution is 2.58. The molecule has 1 saturated carbocycles. The summed E-state index contributed by atoms with van der Waals surface area (Å²) >= 11 is 0. The van der Waals surface area contributed by atoms with Gasteiger partial charge >= 0.3 is 0 Å². The lowest BCUT2D eigenvalue weighted by molar-refractivity contribution is 0.257. The highest BCUT2D eigenvalue weighted by molar-refractivity contribution is 5.09. The molecule has 0 aromatic carbocycles. The Hall–Kier alpha value is -0.930. The number of nitrogens with zero attached hydrogens (tertiary/aromatic N) is 2. The number of hydrogen-bond donors (Lipinski definition) is 1. The van der Waals surface area contributed by atoms with Crippen LogP contribution in [0.4, 0.5) is 0 Å². The van der Waals surface area contributed by atoms with Gasteiger partial charge in [-0.2, -0.15) is 0 Å². The molecule has 1 atom stereocenters. The SMILES string of the molecule is CN(Cc1cccnc1)CC1CC12CCNCC2. The quantitative estimate of drug-likeness (QED) is 0.878. The lowest BCUT2D eigenvalue weighted by atomic mass is 9.92. The van der Waals surface area contributed by atoms with Crippen LogP contribution in [0.5, 0.6) is 0 Å². The van der Waals surface area contributed by atoms with E-state index in [1.54, 1.807) is 0 Å². The largest absolute Gasteiger partial charge is 0.317 e. The van der Waals surface area contributed by atoms with Crippen LogP contribution in [0.1, 0.15) is 24.8 Å². The molecule has 2 fully saturated rings. The fourth-order valence-corrected chi connectivity index (χ4v) is 3.47. The maximum atomic E-state index is 4.18. The minimum atomic E-state index is 0.703. The van der Waals surface area contributed by atoms with Crippen molar-refractivity contribution >= 4 is 0 Å². The van der Waals surface area contributed by atoms with Crippen LogP contribution in [0.25, 0.3) is 0 Å². The second kappa shape index (κ2) is 4.98. The third-order valence-electron chi connectivity index (χ3n) is 4.67. The Morgan fingerprint density at radius 2 is 2.28 bits per heavy atom. The molecular weight excluding hydrogens is 222 g/mol. The molecule has 1 saturated heterocycles. The number of nitrogens with one attached hydrogen (secondary N) is 1. The Morgan fingerprint density at radius 1 is 1.44 bits per heavy atom. The molecule has 1 aromatic heterocycles. The summed E-state index contributed by atoms with van der Waals surface area (Å²) in [5, 5.41) is 3.47. The van der Waals surface area contributed by atoms with Gasteiger partial charge in [-0.05, 0) is 62.4 Å². The number of aromatic nitrogens is 1. The van der Waals surface area contributed by atoms with Gasteiger partial charge in [-0.15, -0.1) is 0 Å². The van der Waals surface area contributed by atoms with Gasteiger partial charge in [-0.3, -0.25) is 4.98 Å². The van der Waals surface area contributed by atoms with Gasteiger partial charge in [0.25, 0.3) is 0 Å². The Morgan fingerprint density at radius 3 is 3.00 bits per heavy atom. The summed E-state index contributed by atoms with van der Waals surface area (Å²) in [5.74, 6) is 0.932. The van der Waals surface area contributed by atoms with E-state index < -0.39 is 0 Å². The smallest absolute Gasteiger partial charge is 0.0312 e. The predicted octanol–water partition coefficient (Wildman–Crippen LogP) is 1.90. The van der Waals surface area contributed by atoms with Gasteiger partial charge in [-0.1, -0.05) is 6.07 Å². The maximum absolute atomic E-state index is 4.18. The van der Waals surface area contributed by atoms with Crippen LogP contribution in [0.2, 0.25) is 0 Å².